The molecule has 242 valence electrons. The fourth-order valence-corrected chi connectivity index (χ4v) is 6.97. The van der Waals surface area contributed by atoms with E-state index in [0.717, 1.165) is 10.5 Å². The Morgan fingerprint density at radius 2 is 1.78 bits per heavy atom. The van der Waals surface area contributed by atoms with Crippen molar-refractivity contribution in [2.45, 2.75) is 48.6 Å². The Bertz CT molecular complexity index is 1680. The third-order valence-corrected chi connectivity index (χ3v) is 9.78. The van der Waals surface area contributed by atoms with E-state index in [2.05, 4.69) is 5.32 Å². The van der Waals surface area contributed by atoms with Gasteiger partial charge in [-0.2, -0.15) is 0 Å². The molecule has 46 heavy (non-hydrogen) atoms. The number of allylic oxidation sites excluding steroid dienone is 1. The fraction of sp³-hybridized carbons (Fsp3) is 0.343. The van der Waals surface area contributed by atoms with Crippen LogP contribution in [0.1, 0.15) is 47.2 Å². The van der Waals surface area contributed by atoms with E-state index >= 15 is 0 Å². The lowest BCUT2D eigenvalue weighted by atomic mass is 9.69. The minimum absolute atomic E-state index is 0.0136. The van der Waals surface area contributed by atoms with Gasteiger partial charge < -0.3 is 29.7 Å². The zero-order chi connectivity index (χ0) is 33.2. The quantitative estimate of drug-likeness (QED) is 0.221. The number of fused-ring (bicyclic) bond motifs is 1. The van der Waals surface area contributed by atoms with Crippen molar-refractivity contribution in [2.75, 3.05) is 27.1 Å². The average molecular weight is 666 g/mol. The van der Waals surface area contributed by atoms with Crippen LogP contribution in [0.2, 0.25) is 5.02 Å². The molecular formula is C35H36ClNO8S. The first-order valence-corrected chi connectivity index (χ1v) is 16.4. The number of thioether (sulfide) groups is 1. The first-order valence-electron chi connectivity index (χ1n) is 14.8. The third-order valence-electron chi connectivity index (χ3n) is 8.68. The summed E-state index contributed by atoms with van der Waals surface area (Å²) in [4.78, 5) is 42.7. The molecule has 1 spiro atoms. The predicted octanol–water partition coefficient (Wildman–Crippen LogP) is 5.71. The van der Waals surface area contributed by atoms with Crippen LogP contribution in [0.3, 0.4) is 0 Å². The second-order valence-corrected chi connectivity index (χ2v) is 12.7. The second-order valence-electron chi connectivity index (χ2n) is 11.4. The Balaban J connectivity index is 1.58. The molecule has 0 radical (unpaired) electrons. The van der Waals surface area contributed by atoms with Crippen molar-refractivity contribution in [3.05, 3.63) is 93.7 Å². The van der Waals surface area contributed by atoms with Crippen molar-refractivity contribution in [1.82, 2.24) is 5.32 Å². The van der Waals surface area contributed by atoms with Gasteiger partial charge in [0, 0.05) is 41.2 Å². The SMILES string of the molecule is COc1cc(OC)c2c(c1Cl)OC1(C2=O)C(O)=C(C(CC(=O)NC(CO)Cc2ccccc2)c2ccc(SC)cc2)C(=O)CC1C. The Hall–Kier alpha value is -3.99. The van der Waals surface area contributed by atoms with E-state index < -0.39 is 46.7 Å². The number of ether oxygens (including phenoxy) is 3. The first-order chi connectivity index (χ1) is 22.1. The predicted molar refractivity (Wildman–Crippen MR) is 175 cm³/mol. The van der Waals surface area contributed by atoms with Gasteiger partial charge in [0.2, 0.25) is 17.3 Å². The standard InChI is InChI=1S/C35H36ClNO8S/c1-19-14-25(39)29(33(41)35(19)34(42)30-26(43-2)17-27(44-3)31(36)32(30)45-35)24(21-10-12-23(46-4)13-11-21)16-28(40)37-22(18-38)15-20-8-6-5-7-9-20/h5-13,17,19,22,24,38,41H,14-16,18H2,1-4H3,(H,37,40). The summed E-state index contributed by atoms with van der Waals surface area (Å²) in [6.07, 6.45) is 1.96. The number of amides is 1. The van der Waals surface area contributed by atoms with Gasteiger partial charge in [-0.25, -0.2) is 0 Å². The molecule has 5 rings (SSSR count). The molecule has 4 unspecified atom stereocenters. The molecule has 1 aliphatic carbocycles. The van der Waals surface area contributed by atoms with Crippen LogP contribution in [-0.2, 0) is 16.0 Å². The van der Waals surface area contributed by atoms with Gasteiger partial charge in [-0.1, -0.05) is 61.0 Å². The maximum Gasteiger partial charge on any atom is 0.231 e. The monoisotopic (exact) mass is 665 g/mol. The van der Waals surface area contributed by atoms with E-state index in [9.17, 15) is 24.6 Å². The lowest BCUT2D eigenvalue weighted by Crippen LogP contribution is -2.53. The normalized spacial score (nSPS) is 20.3. The highest BCUT2D eigenvalue weighted by Gasteiger charge is 2.61. The number of hydrogen-bond donors (Lipinski definition) is 3. The highest BCUT2D eigenvalue weighted by Crippen LogP contribution is 2.55. The molecule has 3 N–H and O–H groups in total. The number of aliphatic hydroxyl groups is 2. The molecule has 1 heterocycles. The summed E-state index contributed by atoms with van der Waals surface area (Å²) < 4.78 is 17.1. The van der Waals surface area contributed by atoms with Gasteiger partial charge in [-0.05, 0) is 35.9 Å². The molecule has 0 fully saturated rings. The minimum atomic E-state index is -1.98. The van der Waals surface area contributed by atoms with Crippen LogP contribution in [0.25, 0.3) is 0 Å². The van der Waals surface area contributed by atoms with Crippen molar-refractivity contribution in [2.24, 2.45) is 5.92 Å². The molecule has 0 saturated carbocycles. The Labute approximate surface area is 276 Å². The van der Waals surface area contributed by atoms with E-state index in [-0.39, 0.29) is 52.9 Å². The highest BCUT2D eigenvalue weighted by molar-refractivity contribution is 7.98. The topological polar surface area (TPSA) is 131 Å². The molecule has 2 aliphatic rings. The van der Waals surface area contributed by atoms with Crippen LogP contribution in [0, 0.1) is 5.92 Å². The van der Waals surface area contributed by atoms with Gasteiger partial charge in [0.05, 0.1) is 26.9 Å². The molecule has 0 bridgehead atoms. The number of benzene rings is 3. The first kappa shape index (κ1) is 33.4. The summed E-state index contributed by atoms with van der Waals surface area (Å²) in [7, 11) is 2.80. The maximum absolute atomic E-state index is 14.3. The fourth-order valence-electron chi connectivity index (χ4n) is 6.29. The lowest BCUT2D eigenvalue weighted by Gasteiger charge is -2.38. The van der Waals surface area contributed by atoms with Crippen LogP contribution >= 0.6 is 23.4 Å². The highest BCUT2D eigenvalue weighted by atomic mass is 35.5. The molecule has 1 aliphatic heterocycles. The zero-order valence-electron chi connectivity index (χ0n) is 26.0. The molecule has 1 amide bonds. The smallest absolute Gasteiger partial charge is 0.231 e. The van der Waals surface area contributed by atoms with E-state index in [1.165, 1.54) is 32.0 Å². The maximum atomic E-state index is 14.3. The number of halogens is 1. The van der Waals surface area contributed by atoms with Crippen LogP contribution in [0.5, 0.6) is 17.2 Å². The van der Waals surface area contributed by atoms with Gasteiger partial charge in [0.15, 0.2) is 17.3 Å². The van der Waals surface area contributed by atoms with Gasteiger partial charge in [0.25, 0.3) is 0 Å². The van der Waals surface area contributed by atoms with E-state index in [4.69, 9.17) is 25.8 Å². The summed E-state index contributed by atoms with van der Waals surface area (Å²) in [5, 5.41) is 25.0. The molecule has 11 heteroatoms. The van der Waals surface area contributed by atoms with Crippen molar-refractivity contribution < 1.29 is 38.8 Å². The van der Waals surface area contributed by atoms with E-state index in [1.54, 1.807) is 19.1 Å². The number of methoxy groups -OCH3 is 2. The lowest BCUT2D eigenvalue weighted by molar-refractivity contribution is -0.122. The number of rotatable bonds is 11. The number of hydrogen-bond acceptors (Lipinski definition) is 9. The number of carbonyl (C=O) groups excluding carboxylic acids is 3. The number of Topliss-reactive ketones (excluding diaryl/α,β-unsaturated/α-hetero) is 2. The molecule has 9 nitrogen and oxygen atoms in total. The molecule has 4 atom stereocenters. The van der Waals surface area contributed by atoms with Crippen molar-refractivity contribution >= 4 is 40.8 Å². The number of nitrogens with one attached hydrogen (secondary N) is 1. The zero-order valence-corrected chi connectivity index (χ0v) is 27.5. The van der Waals surface area contributed by atoms with Crippen molar-refractivity contribution in [3.8, 4) is 17.2 Å². The van der Waals surface area contributed by atoms with E-state index in [1.807, 2.05) is 48.7 Å². The summed E-state index contributed by atoms with van der Waals surface area (Å²) in [6.45, 7) is 1.35. The summed E-state index contributed by atoms with van der Waals surface area (Å²) in [5.74, 6) is -3.40. The Kier molecular flexibility index (Phi) is 10.0. The number of carbonyl (C=O) groups is 3. The average Bonchev–Trinajstić information content (AvgIpc) is 3.38. The minimum Gasteiger partial charge on any atom is -0.507 e. The van der Waals surface area contributed by atoms with E-state index in [0.29, 0.717) is 12.0 Å². The third kappa shape index (κ3) is 5.97. The van der Waals surface area contributed by atoms with Crippen molar-refractivity contribution in [3.63, 3.8) is 0 Å². The Morgan fingerprint density at radius 1 is 1.11 bits per heavy atom. The van der Waals surface area contributed by atoms with Gasteiger partial charge in [0.1, 0.15) is 22.1 Å². The molecule has 0 saturated heterocycles. The van der Waals surface area contributed by atoms with Crippen LogP contribution in [0.15, 0.2) is 76.9 Å². The van der Waals surface area contributed by atoms with Gasteiger partial charge >= 0.3 is 0 Å². The summed E-state index contributed by atoms with van der Waals surface area (Å²) in [6, 6.07) is 17.7. The van der Waals surface area contributed by atoms with Crippen LogP contribution in [-0.4, -0.2) is 66.4 Å². The molecule has 0 aromatic heterocycles. The Morgan fingerprint density at radius 3 is 2.39 bits per heavy atom. The summed E-state index contributed by atoms with van der Waals surface area (Å²) in [5.41, 5.74) is -0.505. The second kappa shape index (κ2) is 13.8. The molecular weight excluding hydrogens is 630 g/mol. The number of ketones is 2. The molecule has 3 aromatic carbocycles. The van der Waals surface area contributed by atoms with Crippen LogP contribution in [0.4, 0.5) is 0 Å². The summed E-state index contributed by atoms with van der Waals surface area (Å²) >= 11 is 8.12. The largest absolute Gasteiger partial charge is 0.507 e. The van der Waals surface area contributed by atoms with Crippen LogP contribution < -0.4 is 19.5 Å². The van der Waals surface area contributed by atoms with Gasteiger partial charge in [-0.15, -0.1) is 11.8 Å². The van der Waals surface area contributed by atoms with Crippen molar-refractivity contribution in [1.29, 1.82) is 0 Å². The van der Waals surface area contributed by atoms with Gasteiger partial charge in [-0.3, -0.25) is 14.4 Å². The number of aliphatic hydroxyl groups excluding tert-OH is 2. The molecule has 3 aromatic rings.